The summed E-state index contributed by atoms with van der Waals surface area (Å²) in [5.41, 5.74) is 18.6. The minimum Gasteiger partial charge on any atom is -0.265 e. The fourth-order valence-corrected chi connectivity index (χ4v) is 23.3. The number of pyridine rings is 2. The fraction of sp³-hybridized carbons (Fsp3) is 0.333. The van der Waals surface area contributed by atoms with Crippen LogP contribution in [0.4, 0.5) is 98.5 Å². The Bertz CT molecular complexity index is 5590. The topological polar surface area (TPSA) is 25.8 Å². The van der Waals surface area contributed by atoms with Crippen LogP contribution in [-0.2, 0) is 0 Å². The van der Waals surface area contributed by atoms with Crippen molar-refractivity contribution in [3.05, 3.63) is 307 Å². The van der Waals surface area contributed by atoms with Crippen molar-refractivity contribution < 1.29 is 98.5 Å². The van der Waals surface area contributed by atoms with Gasteiger partial charge in [-0.2, -0.15) is 35.8 Å². The average molecular weight is 2230 g/mol. The summed E-state index contributed by atoms with van der Waals surface area (Å²) in [7, 11) is -19.5. The van der Waals surface area contributed by atoms with Crippen molar-refractivity contribution in [3.63, 3.8) is 0 Å². The zero-order valence-corrected chi connectivity index (χ0v) is 95.4. The maximum absolute atomic E-state index is 13.3. The number of thiophene rings is 2. The first-order chi connectivity index (χ1) is 68.9. The van der Waals surface area contributed by atoms with Crippen molar-refractivity contribution >= 4 is 91.7 Å². The van der Waals surface area contributed by atoms with Crippen molar-refractivity contribution in [2.24, 2.45) is 11.8 Å². The van der Waals surface area contributed by atoms with Crippen molar-refractivity contribution in [2.75, 3.05) is 0 Å². The Kier molecular flexibility index (Phi) is 71.7. The van der Waals surface area contributed by atoms with Crippen LogP contribution < -0.4 is 10.4 Å². The van der Waals surface area contributed by atoms with Crippen LogP contribution in [0, 0.1) is 246 Å². The van der Waals surface area contributed by atoms with Gasteiger partial charge in [-0.25, -0.2) is 65.9 Å². The molecule has 0 amide bonds. The average Bonchev–Trinajstić information content (AvgIpc) is 1.33. The van der Waals surface area contributed by atoms with Crippen molar-refractivity contribution in [1.29, 1.82) is 0 Å². The highest BCUT2D eigenvalue weighted by Gasteiger charge is 2.62. The van der Waals surface area contributed by atoms with Crippen LogP contribution in [0.15, 0.2) is 198 Å². The standard InChI is InChI=1S/C11H18Si.C10H7F5Si.C10H18Si.C10H12Si.C8HF5.C8H6.C7H3F5.C7H11F3Si.C7H8.C6H10Si.2C5H5N.2C4H4S.2C3H4.C2HF5S.2C2H6/c1-4-12(2,3)11-8-9-5-6-10(11)7-9;1-4-16(2,3)10-8(14)6(12)5(11)7(13)9(10)15;2*1-4-11(2,3)10-8-6-5-7-9-10;1-2-3-4(9)6(11)8(13)7(12)5(3)10;1-2-8-6-4-3-5-7-8;1-2-3(8)5(10)7(12)6(11)4(2)9;1-4-11(2,3)6-5-7(8,9)10;1-7-5-3-2-4-6-7;1-3-7(2)5-4-6-7;2*1-2-4-6-5-3-1;2*1-2-4-5-3-1;2*1-3-2;1-2-8(3,4,5,6)7;2*1-2/h1,9-11H,5-8H2,2-3H3;1H,2-3H3;1,10H,5-9H2,2-3H3;1,5-9H,2-3H3;1H;1,3-7H;1H3;1H,5-6H2,2-3H3;2-6H,1H3;1H,4-6H2,2H3;2*1-5H;2*1-4H;2*1H,2H3;1H;2*1-2H3. The molecule has 14 rings (SSSR count). The first-order valence-electron chi connectivity index (χ1n) is 46.0. The van der Waals surface area contributed by atoms with Gasteiger partial charge in [-0.05, 0) is 145 Å². The molecule has 4 fully saturated rings. The summed E-state index contributed by atoms with van der Waals surface area (Å²) in [6.45, 7) is 36.5. The summed E-state index contributed by atoms with van der Waals surface area (Å²) in [6.07, 6.45) is 71.0. The maximum atomic E-state index is 13.3. The molecule has 0 N–H and O–H groups in total. The minimum absolute atomic E-state index is 0.132. The van der Waals surface area contributed by atoms with Gasteiger partial charge in [0.2, 0.25) is 17.5 Å². The molecule has 0 radical (unpaired) electrons. The van der Waals surface area contributed by atoms with Crippen LogP contribution in [0.1, 0.15) is 134 Å². The number of fused-ring (bicyclic) bond motifs is 2. The number of aryl methyl sites for hydroxylation is 1. The molecule has 2 nitrogen and oxygen atoms in total. The van der Waals surface area contributed by atoms with Crippen LogP contribution in [0.2, 0.25) is 101 Å². The molecule has 3 aliphatic carbocycles. The third-order valence-electron chi connectivity index (χ3n) is 21.2. The highest BCUT2D eigenvalue weighted by molar-refractivity contribution is 8.49. The summed E-state index contributed by atoms with van der Waals surface area (Å²) in [6, 6.07) is 52.6. The molecule has 4 aliphatic rings. The summed E-state index contributed by atoms with van der Waals surface area (Å²) in [5.74, 6) is -19.0. The number of terminal acetylenes is 11. The Morgan fingerprint density at radius 1 is 0.392 bits per heavy atom. The molecule has 3 saturated carbocycles. The third kappa shape index (κ3) is 61.2. The Morgan fingerprint density at radius 2 is 0.730 bits per heavy atom. The smallest absolute Gasteiger partial charge is 0.265 e. The Balaban J connectivity index is -0.000000494. The number of benzene rings is 6. The van der Waals surface area contributed by atoms with E-state index in [2.05, 4.69) is 164 Å². The molecule has 4 aromatic heterocycles. The minimum atomic E-state index is -9.47. The molecule has 802 valence electrons. The lowest BCUT2D eigenvalue weighted by molar-refractivity contribution is -0.130. The quantitative estimate of drug-likeness (QED) is 0.0545. The van der Waals surface area contributed by atoms with Crippen LogP contribution >= 0.6 is 32.9 Å². The summed E-state index contributed by atoms with van der Waals surface area (Å²) in [5, 5.41) is 8.19. The number of halogens is 23. The lowest BCUT2D eigenvalue weighted by Crippen LogP contribution is -2.46. The monoisotopic (exact) mass is 2230 g/mol. The normalized spacial score (nSPS) is 14.0. The van der Waals surface area contributed by atoms with E-state index in [1.807, 2.05) is 177 Å². The molecule has 2 bridgehead atoms. The van der Waals surface area contributed by atoms with Gasteiger partial charge in [0.05, 0.1) is 5.25 Å². The second kappa shape index (κ2) is 73.4. The van der Waals surface area contributed by atoms with Gasteiger partial charge < -0.3 is 0 Å². The van der Waals surface area contributed by atoms with Crippen molar-refractivity contribution in [2.45, 2.75) is 233 Å². The predicted octanol–water partition coefficient (Wildman–Crippen LogP) is 35.5. The number of aromatic nitrogens is 2. The fourth-order valence-electron chi connectivity index (χ4n) is 12.3. The van der Waals surface area contributed by atoms with E-state index in [9.17, 15) is 98.5 Å². The third-order valence-corrected chi connectivity index (χ3v) is 40.4. The van der Waals surface area contributed by atoms with Gasteiger partial charge in [0.15, 0.2) is 86.0 Å². The Morgan fingerprint density at radius 3 is 0.959 bits per heavy atom. The number of hydrogen-bond donors (Lipinski definition) is 0. The van der Waals surface area contributed by atoms with E-state index >= 15 is 0 Å². The first kappa shape index (κ1) is 145. The van der Waals surface area contributed by atoms with Gasteiger partial charge in [0, 0.05) is 47.5 Å². The molecule has 10 aromatic rings. The van der Waals surface area contributed by atoms with E-state index in [0.717, 1.165) is 35.4 Å². The molecule has 6 aromatic carbocycles. The van der Waals surface area contributed by atoms with Gasteiger partial charge in [-0.15, -0.1) is 109 Å². The molecular formula is C114H133F23N2S3Si6. The van der Waals surface area contributed by atoms with Crippen LogP contribution in [0.3, 0.4) is 0 Å². The number of rotatable bonds is 6. The number of alkyl halides is 3. The SMILES string of the molecule is C#CC.C#CC.C#CS(F)(F)(F)(F)F.C#C[Si](C)(C)C1CC2CCC1C2.C#C[Si](C)(C)C1CCCCC1.C#C[Si](C)(C)CCC(F)(F)F.C#C[Si](C)(C)c1c(F)c(F)c(F)c(F)c1F.C#C[Si](C)(C)c1ccccc1.C#C[Si]1(C)CCC1.C#Cc1c(F)c(F)c(F)c(F)c1F.C#Cc1ccccc1.CC.CC.Cc1c(F)c(F)c(F)c(F)c1F.Cc1ccccc1.c1ccncc1.c1ccncc1.c1ccsc1.c1ccsc1. The zero-order chi connectivity index (χ0) is 115. The van der Waals surface area contributed by atoms with E-state index in [0.29, 0.717) is 0 Å². The van der Waals surface area contributed by atoms with E-state index in [4.69, 9.17) is 45.0 Å². The largest absolute Gasteiger partial charge is 0.388 e. The van der Waals surface area contributed by atoms with Crippen LogP contribution in [0.5, 0.6) is 0 Å². The highest BCUT2D eigenvalue weighted by atomic mass is 32.5. The van der Waals surface area contributed by atoms with E-state index in [1.54, 1.807) is 74.4 Å². The molecule has 0 spiro atoms. The second-order valence-electron chi connectivity index (χ2n) is 34.6. The lowest BCUT2D eigenvalue weighted by atomic mass is 10.0. The van der Waals surface area contributed by atoms with Crippen LogP contribution in [0.25, 0.3) is 0 Å². The molecule has 3 atom stereocenters. The van der Waals surface area contributed by atoms with Gasteiger partial charge in [-0.1, -0.05) is 310 Å². The second-order valence-corrected chi connectivity index (χ2v) is 64.6. The number of hydrogen-bond acceptors (Lipinski definition) is 4. The molecule has 148 heavy (non-hydrogen) atoms. The highest BCUT2D eigenvalue weighted by Crippen LogP contribution is 2.97. The van der Waals surface area contributed by atoms with Gasteiger partial charge in [0.1, 0.15) is 37.9 Å². The van der Waals surface area contributed by atoms with Crippen molar-refractivity contribution in [1.82, 2.24) is 9.97 Å². The summed E-state index contributed by atoms with van der Waals surface area (Å²) in [4.78, 5) is 7.57. The molecule has 1 saturated heterocycles. The Hall–Kier alpha value is -11.8. The molecule has 34 heteroatoms. The van der Waals surface area contributed by atoms with Gasteiger partial charge in [-0.3, -0.25) is 9.97 Å². The van der Waals surface area contributed by atoms with E-state index in [1.165, 1.54) is 106 Å². The molecule has 5 heterocycles. The summed E-state index contributed by atoms with van der Waals surface area (Å²) < 4.78 is 277. The van der Waals surface area contributed by atoms with E-state index < -0.39 is 180 Å². The lowest BCUT2D eigenvalue weighted by Gasteiger charge is -2.33. The zero-order valence-electron chi connectivity index (χ0n) is 86.9. The number of nitrogens with zero attached hydrogens (tertiary/aromatic N) is 2. The Labute approximate surface area is 879 Å². The van der Waals surface area contributed by atoms with Crippen molar-refractivity contribution in [3.8, 4) is 133 Å². The predicted molar refractivity (Wildman–Crippen MR) is 591 cm³/mol. The molecule has 1 aliphatic heterocycles. The van der Waals surface area contributed by atoms with Crippen LogP contribution in [-0.4, -0.2) is 64.6 Å². The van der Waals surface area contributed by atoms with E-state index in [-0.39, 0.29) is 6.04 Å². The molecule has 3 unspecified atom stereocenters. The first-order valence-corrected chi connectivity index (χ1v) is 68.1. The van der Waals surface area contributed by atoms with Gasteiger partial charge >= 0.3 is 16.4 Å². The summed E-state index contributed by atoms with van der Waals surface area (Å²) >= 11 is 3.43. The maximum Gasteiger partial charge on any atom is 0.388 e. The molecular weight excluding hydrogens is 2100 g/mol. The van der Waals surface area contributed by atoms with Gasteiger partial charge in [0.25, 0.3) is 0 Å².